The summed E-state index contributed by atoms with van der Waals surface area (Å²) in [5.74, 6) is -0.815. The summed E-state index contributed by atoms with van der Waals surface area (Å²) in [5, 5.41) is 0.214. The number of hydrogen-bond acceptors (Lipinski definition) is 3. The molecule has 1 rings (SSSR count). The van der Waals surface area contributed by atoms with Crippen LogP contribution in [0.15, 0.2) is 18.2 Å². The standard InChI is InChI=1S/C11H10BrClO3/c1-6(12)10(14)7-4-3-5-8(13)9(7)11(15)16-2/h3-6H,1-2H3. The average molecular weight is 306 g/mol. The Labute approximate surface area is 107 Å². The molecule has 0 heterocycles. The van der Waals surface area contributed by atoms with Gasteiger partial charge in [0.15, 0.2) is 5.78 Å². The van der Waals surface area contributed by atoms with Gasteiger partial charge in [-0.15, -0.1) is 0 Å². The van der Waals surface area contributed by atoms with Crippen LogP contribution in [0.3, 0.4) is 0 Å². The fourth-order valence-electron chi connectivity index (χ4n) is 1.25. The molecule has 0 aliphatic carbocycles. The zero-order valence-electron chi connectivity index (χ0n) is 8.79. The van der Waals surface area contributed by atoms with Gasteiger partial charge in [0, 0.05) is 5.56 Å². The first-order valence-electron chi connectivity index (χ1n) is 4.54. The van der Waals surface area contributed by atoms with E-state index in [1.807, 2.05) is 0 Å². The fraction of sp³-hybridized carbons (Fsp3) is 0.273. The zero-order chi connectivity index (χ0) is 12.3. The summed E-state index contributed by atoms with van der Waals surface area (Å²) in [6.07, 6.45) is 0. The SMILES string of the molecule is COC(=O)c1c(Cl)cccc1C(=O)C(C)Br. The van der Waals surface area contributed by atoms with Gasteiger partial charge in [0.2, 0.25) is 0 Å². The Hall–Kier alpha value is -0.870. The van der Waals surface area contributed by atoms with E-state index in [4.69, 9.17) is 11.6 Å². The first-order chi connectivity index (χ1) is 7.49. The number of benzene rings is 1. The molecule has 5 heteroatoms. The van der Waals surface area contributed by atoms with Crippen LogP contribution in [-0.2, 0) is 4.74 Å². The van der Waals surface area contributed by atoms with Crippen LogP contribution < -0.4 is 0 Å². The van der Waals surface area contributed by atoms with Gasteiger partial charge in [-0.3, -0.25) is 4.79 Å². The predicted octanol–water partition coefficient (Wildman–Crippen LogP) is 3.09. The molecule has 0 aliphatic heterocycles. The Kier molecular flexibility index (Phi) is 4.50. The highest BCUT2D eigenvalue weighted by atomic mass is 79.9. The minimum Gasteiger partial charge on any atom is -0.465 e. The van der Waals surface area contributed by atoms with Gasteiger partial charge in [0.25, 0.3) is 0 Å². The van der Waals surface area contributed by atoms with Crippen LogP contribution in [0.25, 0.3) is 0 Å². The molecule has 0 radical (unpaired) electrons. The van der Waals surface area contributed by atoms with E-state index in [1.165, 1.54) is 7.11 Å². The van der Waals surface area contributed by atoms with Gasteiger partial charge < -0.3 is 4.74 Å². The number of ether oxygens (including phenoxy) is 1. The summed E-state index contributed by atoms with van der Waals surface area (Å²) in [6.45, 7) is 1.68. The van der Waals surface area contributed by atoms with Crippen LogP contribution in [-0.4, -0.2) is 23.7 Å². The topological polar surface area (TPSA) is 43.4 Å². The number of hydrogen-bond donors (Lipinski definition) is 0. The number of methoxy groups -OCH3 is 1. The van der Waals surface area contributed by atoms with Crippen LogP contribution in [0.5, 0.6) is 0 Å². The maximum Gasteiger partial charge on any atom is 0.340 e. The van der Waals surface area contributed by atoms with Crippen molar-refractivity contribution in [3.05, 3.63) is 34.3 Å². The summed E-state index contributed by atoms with van der Waals surface area (Å²) in [4.78, 5) is 23.0. The van der Waals surface area contributed by atoms with Gasteiger partial charge in [-0.25, -0.2) is 4.79 Å². The van der Waals surface area contributed by atoms with E-state index >= 15 is 0 Å². The maximum absolute atomic E-state index is 11.8. The molecule has 0 amide bonds. The van der Waals surface area contributed by atoms with Crippen LogP contribution >= 0.6 is 27.5 Å². The molecule has 1 aromatic rings. The van der Waals surface area contributed by atoms with Gasteiger partial charge >= 0.3 is 5.97 Å². The third-order valence-corrected chi connectivity index (χ3v) is 2.76. The monoisotopic (exact) mass is 304 g/mol. The summed E-state index contributed by atoms with van der Waals surface area (Å²) in [7, 11) is 1.25. The number of halogens is 2. The molecule has 0 saturated heterocycles. The molecule has 3 nitrogen and oxygen atoms in total. The largest absolute Gasteiger partial charge is 0.465 e. The van der Waals surface area contributed by atoms with Crippen LogP contribution in [0, 0.1) is 0 Å². The molecule has 1 unspecified atom stereocenters. The Balaban J connectivity index is 3.34. The lowest BCUT2D eigenvalue weighted by molar-refractivity contribution is 0.0597. The first-order valence-corrected chi connectivity index (χ1v) is 5.83. The van der Waals surface area contributed by atoms with Gasteiger partial charge in [-0.2, -0.15) is 0 Å². The molecule has 0 aliphatic rings. The van der Waals surface area contributed by atoms with Crippen LogP contribution in [0.1, 0.15) is 27.6 Å². The molecule has 16 heavy (non-hydrogen) atoms. The normalized spacial score (nSPS) is 12.0. The molecule has 0 bridgehead atoms. The molecule has 1 atom stereocenters. The highest BCUT2D eigenvalue weighted by Gasteiger charge is 2.22. The summed E-state index contributed by atoms with van der Waals surface area (Å²) in [5.41, 5.74) is 0.381. The molecule has 0 saturated carbocycles. The van der Waals surface area contributed by atoms with Gasteiger partial charge in [-0.1, -0.05) is 39.7 Å². The number of rotatable bonds is 3. The van der Waals surface area contributed by atoms with Crippen molar-refractivity contribution in [1.82, 2.24) is 0 Å². The van der Waals surface area contributed by atoms with Crippen molar-refractivity contribution in [3.8, 4) is 0 Å². The van der Waals surface area contributed by atoms with E-state index in [1.54, 1.807) is 25.1 Å². The van der Waals surface area contributed by atoms with E-state index in [0.29, 0.717) is 0 Å². The van der Waals surface area contributed by atoms with Crippen molar-refractivity contribution in [3.63, 3.8) is 0 Å². The Morgan fingerprint density at radius 2 is 2.06 bits per heavy atom. The van der Waals surface area contributed by atoms with Crippen molar-refractivity contribution in [2.24, 2.45) is 0 Å². The molecular weight excluding hydrogens is 295 g/mol. The highest BCUT2D eigenvalue weighted by Crippen LogP contribution is 2.23. The summed E-state index contributed by atoms with van der Waals surface area (Å²) in [6, 6.07) is 4.72. The number of carbonyl (C=O) groups is 2. The number of ketones is 1. The van der Waals surface area contributed by atoms with Gasteiger partial charge in [0.1, 0.15) is 0 Å². The highest BCUT2D eigenvalue weighted by molar-refractivity contribution is 9.10. The van der Waals surface area contributed by atoms with Crippen molar-refractivity contribution in [2.75, 3.05) is 7.11 Å². The van der Waals surface area contributed by atoms with Crippen molar-refractivity contribution < 1.29 is 14.3 Å². The number of alkyl halides is 1. The second-order valence-corrected chi connectivity index (χ2v) is 4.91. The molecular formula is C11H10BrClO3. The minimum absolute atomic E-state index is 0.114. The van der Waals surface area contributed by atoms with Crippen molar-refractivity contribution >= 4 is 39.3 Å². The second-order valence-electron chi connectivity index (χ2n) is 3.13. The van der Waals surface area contributed by atoms with Crippen LogP contribution in [0.2, 0.25) is 5.02 Å². The maximum atomic E-state index is 11.8. The molecule has 0 aromatic heterocycles. The van der Waals surface area contributed by atoms with E-state index in [0.717, 1.165) is 0 Å². The molecule has 0 spiro atoms. The van der Waals surface area contributed by atoms with Crippen molar-refractivity contribution in [2.45, 2.75) is 11.8 Å². The van der Waals surface area contributed by atoms with E-state index < -0.39 is 5.97 Å². The Morgan fingerprint density at radius 1 is 1.44 bits per heavy atom. The quantitative estimate of drug-likeness (QED) is 0.489. The lowest BCUT2D eigenvalue weighted by Crippen LogP contribution is -2.16. The lowest BCUT2D eigenvalue weighted by Gasteiger charge is -2.09. The third-order valence-electron chi connectivity index (χ3n) is 2.03. The molecule has 86 valence electrons. The van der Waals surface area contributed by atoms with Gasteiger partial charge in [-0.05, 0) is 13.0 Å². The lowest BCUT2D eigenvalue weighted by atomic mass is 10.0. The smallest absolute Gasteiger partial charge is 0.340 e. The van der Waals surface area contributed by atoms with E-state index in [2.05, 4.69) is 20.7 Å². The number of Topliss-reactive ketones (excluding diaryl/α,β-unsaturated/α-hetero) is 1. The molecule has 0 N–H and O–H groups in total. The fourth-order valence-corrected chi connectivity index (χ4v) is 1.75. The summed E-state index contributed by atoms with van der Waals surface area (Å²) < 4.78 is 4.60. The van der Waals surface area contributed by atoms with Gasteiger partial charge in [0.05, 0.1) is 22.5 Å². The first kappa shape index (κ1) is 13.2. The molecule has 0 fully saturated rings. The zero-order valence-corrected chi connectivity index (χ0v) is 11.1. The van der Waals surface area contributed by atoms with Crippen molar-refractivity contribution in [1.29, 1.82) is 0 Å². The molecule has 1 aromatic carbocycles. The summed E-state index contributed by atoms with van der Waals surface area (Å²) >= 11 is 9.04. The third kappa shape index (κ3) is 2.62. The number of esters is 1. The van der Waals surface area contributed by atoms with E-state index in [-0.39, 0.29) is 26.8 Å². The predicted molar refractivity (Wildman–Crippen MR) is 65.5 cm³/mol. The van der Waals surface area contributed by atoms with Crippen LogP contribution in [0.4, 0.5) is 0 Å². The number of carbonyl (C=O) groups excluding carboxylic acids is 2. The minimum atomic E-state index is -0.609. The second kappa shape index (κ2) is 5.46. The Morgan fingerprint density at radius 3 is 2.56 bits per heavy atom. The Bertz CT molecular complexity index is 429. The average Bonchev–Trinajstić information content (AvgIpc) is 2.26. The van der Waals surface area contributed by atoms with E-state index in [9.17, 15) is 9.59 Å².